The highest BCUT2D eigenvalue weighted by Gasteiger charge is 2.34. The highest BCUT2D eigenvalue weighted by molar-refractivity contribution is 6.21. The van der Waals surface area contributed by atoms with E-state index in [9.17, 15) is 14.4 Å². The Morgan fingerprint density at radius 3 is 1.90 bits per heavy atom. The molecule has 0 bridgehead atoms. The van der Waals surface area contributed by atoms with Gasteiger partial charge < -0.3 is 9.47 Å². The zero-order valence-electron chi connectivity index (χ0n) is 19.4. The van der Waals surface area contributed by atoms with Crippen molar-refractivity contribution in [2.24, 2.45) is 0 Å². The molecule has 0 aliphatic carbocycles. The molecule has 1 aromatic rings. The predicted molar refractivity (Wildman–Crippen MR) is 120 cm³/mol. The van der Waals surface area contributed by atoms with E-state index in [-0.39, 0.29) is 17.6 Å². The Balaban J connectivity index is 0.000000565. The summed E-state index contributed by atoms with van der Waals surface area (Å²) in [6.07, 6.45) is 5.05. The van der Waals surface area contributed by atoms with Crippen LogP contribution in [0.15, 0.2) is 24.3 Å². The van der Waals surface area contributed by atoms with Crippen molar-refractivity contribution in [2.75, 3.05) is 33.0 Å². The number of Topliss-reactive ketones (excluding diaryl/α,β-unsaturated/α-hetero) is 1. The second-order valence-electron chi connectivity index (χ2n) is 6.69. The molecule has 1 aliphatic heterocycles. The van der Waals surface area contributed by atoms with Crippen molar-refractivity contribution >= 4 is 17.6 Å². The number of hydrogen-bond acceptors (Lipinski definition) is 5. The highest BCUT2D eigenvalue weighted by Crippen LogP contribution is 2.21. The molecule has 170 valence electrons. The maximum absolute atomic E-state index is 11.9. The summed E-state index contributed by atoms with van der Waals surface area (Å²) < 4.78 is 10.5. The van der Waals surface area contributed by atoms with Crippen molar-refractivity contribution < 1.29 is 23.9 Å². The summed E-state index contributed by atoms with van der Waals surface area (Å²) in [6, 6.07) is 6.90. The van der Waals surface area contributed by atoms with E-state index in [1.807, 2.05) is 20.8 Å². The van der Waals surface area contributed by atoms with Crippen LogP contribution in [0.25, 0.3) is 0 Å². The lowest BCUT2D eigenvalue weighted by atomic mass is 10.1. The fourth-order valence-electron chi connectivity index (χ4n) is 2.62. The number of carbonyl (C=O) groups is 3. The Hall–Kier alpha value is -2.05. The molecule has 1 aromatic carbocycles. The second-order valence-corrected chi connectivity index (χ2v) is 6.69. The van der Waals surface area contributed by atoms with Crippen LogP contribution in [-0.2, 0) is 14.3 Å². The molecule has 30 heavy (non-hydrogen) atoms. The van der Waals surface area contributed by atoms with Gasteiger partial charge >= 0.3 is 0 Å². The third-order valence-electron chi connectivity index (χ3n) is 4.18. The quantitative estimate of drug-likeness (QED) is 0.354. The number of rotatable bonds is 12. The molecule has 6 nitrogen and oxygen atoms in total. The monoisotopic (exact) mass is 421 g/mol. The van der Waals surface area contributed by atoms with Gasteiger partial charge in [0, 0.05) is 19.6 Å². The van der Waals surface area contributed by atoms with Gasteiger partial charge in [0.2, 0.25) is 0 Å². The number of nitrogens with zero attached hydrogens (tertiary/aromatic N) is 1. The summed E-state index contributed by atoms with van der Waals surface area (Å²) in [7, 11) is 0. The second kappa shape index (κ2) is 17.8. The lowest BCUT2D eigenvalue weighted by Gasteiger charge is -2.13. The number of ketones is 1. The lowest BCUT2D eigenvalue weighted by molar-refractivity contribution is -0.118. The van der Waals surface area contributed by atoms with Gasteiger partial charge in [-0.2, -0.15) is 0 Å². The number of unbranched alkanes of at least 4 members (excludes halogenated alkanes) is 2. The largest absolute Gasteiger partial charge is 0.381 e. The highest BCUT2D eigenvalue weighted by atomic mass is 16.5. The van der Waals surface area contributed by atoms with Crippen LogP contribution in [0.2, 0.25) is 0 Å². The van der Waals surface area contributed by atoms with Crippen LogP contribution in [-0.4, -0.2) is 55.5 Å². The average Bonchev–Trinajstić information content (AvgIpc) is 3.00. The molecule has 1 aliphatic rings. The van der Waals surface area contributed by atoms with E-state index in [0.29, 0.717) is 43.9 Å². The summed E-state index contributed by atoms with van der Waals surface area (Å²) in [6.45, 7) is 12.6. The minimum absolute atomic E-state index is 0.209. The average molecular weight is 422 g/mol. The van der Waals surface area contributed by atoms with Gasteiger partial charge in [-0.15, -0.1) is 0 Å². The number of ether oxygens (including phenoxy) is 2. The summed E-state index contributed by atoms with van der Waals surface area (Å²) in [5.74, 6) is -0.225. The van der Waals surface area contributed by atoms with Crippen molar-refractivity contribution in [3.05, 3.63) is 35.4 Å². The van der Waals surface area contributed by atoms with Crippen LogP contribution in [0.3, 0.4) is 0 Å². The summed E-state index contributed by atoms with van der Waals surface area (Å²) in [4.78, 5) is 35.5. The third kappa shape index (κ3) is 10.6. The molecule has 0 radical (unpaired) electrons. The van der Waals surface area contributed by atoms with Crippen LogP contribution in [0, 0.1) is 0 Å². The molecule has 0 saturated heterocycles. The lowest BCUT2D eigenvalue weighted by Crippen LogP contribution is -2.33. The molecule has 0 aromatic heterocycles. The molecular formula is C24H39NO5. The van der Waals surface area contributed by atoms with Crippen molar-refractivity contribution in [1.29, 1.82) is 0 Å². The van der Waals surface area contributed by atoms with Crippen molar-refractivity contribution in [1.82, 2.24) is 4.90 Å². The van der Waals surface area contributed by atoms with Crippen molar-refractivity contribution in [3.63, 3.8) is 0 Å². The molecule has 0 fully saturated rings. The Morgan fingerprint density at radius 1 is 0.833 bits per heavy atom. The van der Waals surface area contributed by atoms with E-state index >= 15 is 0 Å². The van der Waals surface area contributed by atoms with Crippen molar-refractivity contribution in [2.45, 2.75) is 66.7 Å². The minimum Gasteiger partial charge on any atom is -0.381 e. The topological polar surface area (TPSA) is 72.9 Å². The van der Waals surface area contributed by atoms with Gasteiger partial charge in [0.15, 0.2) is 0 Å². The maximum atomic E-state index is 11.9. The molecule has 2 rings (SSSR count). The molecule has 2 amide bonds. The van der Waals surface area contributed by atoms with Gasteiger partial charge in [0.1, 0.15) is 5.78 Å². The van der Waals surface area contributed by atoms with Crippen LogP contribution in [0.4, 0.5) is 0 Å². The standard InChI is InChI=1S/C13H15NO3.C9H18O2.C2H6/c1-2-8-17-9-7-14-12(15)10-5-3-4-6-11(10)13(14)16;1-3-4-5-7-11-8-6-9(2)10;1-2/h3-6H,2,7-9H2,1H3;3-8H2,1-2H3;1-2H3. The smallest absolute Gasteiger partial charge is 0.261 e. The molecule has 0 atom stereocenters. The summed E-state index contributed by atoms with van der Waals surface area (Å²) in [5, 5.41) is 0. The molecule has 0 saturated carbocycles. The van der Waals surface area contributed by atoms with Gasteiger partial charge in [0.25, 0.3) is 11.8 Å². The van der Waals surface area contributed by atoms with E-state index in [0.717, 1.165) is 19.4 Å². The van der Waals surface area contributed by atoms with Gasteiger partial charge in [-0.05, 0) is 31.9 Å². The van der Waals surface area contributed by atoms with E-state index < -0.39 is 0 Å². The number of fused-ring (bicyclic) bond motifs is 1. The van der Waals surface area contributed by atoms with E-state index in [1.165, 1.54) is 17.7 Å². The zero-order chi connectivity index (χ0) is 22.8. The number of hydrogen-bond donors (Lipinski definition) is 0. The Bertz CT molecular complexity index is 595. The molecule has 0 spiro atoms. The summed E-state index contributed by atoms with van der Waals surface area (Å²) >= 11 is 0. The molecular weight excluding hydrogens is 382 g/mol. The first-order valence-corrected chi connectivity index (χ1v) is 11.1. The van der Waals surface area contributed by atoms with Gasteiger partial charge in [-0.1, -0.05) is 52.7 Å². The molecule has 1 heterocycles. The first kappa shape index (κ1) is 27.9. The Labute approximate surface area is 181 Å². The first-order chi connectivity index (χ1) is 14.5. The SMILES string of the molecule is CC.CCCCCOCCC(C)=O.CCCOCCN1C(=O)c2ccccc2C1=O. The Kier molecular flexibility index (Phi) is 16.6. The van der Waals surface area contributed by atoms with Crippen LogP contribution < -0.4 is 0 Å². The Morgan fingerprint density at radius 2 is 1.40 bits per heavy atom. The van der Waals surface area contributed by atoms with Gasteiger partial charge in [-0.25, -0.2) is 0 Å². The van der Waals surface area contributed by atoms with Gasteiger partial charge in [-0.3, -0.25) is 19.3 Å². The number of amides is 2. The van der Waals surface area contributed by atoms with Crippen molar-refractivity contribution in [3.8, 4) is 0 Å². The predicted octanol–water partition coefficient (Wildman–Crippen LogP) is 4.91. The van der Waals surface area contributed by atoms with Crippen LogP contribution in [0.5, 0.6) is 0 Å². The van der Waals surface area contributed by atoms with Crippen LogP contribution >= 0.6 is 0 Å². The molecule has 0 unspecified atom stereocenters. The fraction of sp³-hybridized carbons (Fsp3) is 0.625. The molecule has 0 N–H and O–H groups in total. The number of imide groups is 1. The normalized spacial score (nSPS) is 12.0. The zero-order valence-corrected chi connectivity index (χ0v) is 19.4. The first-order valence-electron chi connectivity index (χ1n) is 11.1. The number of carbonyl (C=O) groups excluding carboxylic acids is 3. The maximum Gasteiger partial charge on any atom is 0.261 e. The number of benzene rings is 1. The minimum atomic E-state index is -0.217. The molecule has 6 heteroatoms. The fourth-order valence-corrected chi connectivity index (χ4v) is 2.62. The van der Waals surface area contributed by atoms with Gasteiger partial charge in [0.05, 0.1) is 30.9 Å². The van der Waals surface area contributed by atoms with E-state index in [2.05, 4.69) is 6.92 Å². The van der Waals surface area contributed by atoms with E-state index in [4.69, 9.17) is 9.47 Å². The third-order valence-corrected chi connectivity index (χ3v) is 4.18. The van der Waals surface area contributed by atoms with Crippen LogP contribution in [0.1, 0.15) is 87.4 Å². The summed E-state index contributed by atoms with van der Waals surface area (Å²) in [5.41, 5.74) is 0.987. The van der Waals surface area contributed by atoms with E-state index in [1.54, 1.807) is 31.2 Å².